The van der Waals surface area contributed by atoms with E-state index < -0.39 is 54.0 Å². The van der Waals surface area contributed by atoms with Crippen molar-refractivity contribution in [1.82, 2.24) is 0 Å². The van der Waals surface area contributed by atoms with Crippen molar-refractivity contribution in [1.29, 1.82) is 0 Å². The molecule has 5 rings (SSSR count). The minimum absolute atomic E-state index is 0.00702. The van der Waals surface area contributed by atoms with E-state index in [0.717, 1.165) is 11.1 Å². The molecule has 0 spiro atoms. The van der Waals surface area contributed by atoms with E-state index in [9.17, 15) is 39.9 Å². The van der Waals surface area contributed by atoms with Gasteiger partial charge in [-0.2, -0.15) is 0 Å². The molecule has 1 aliphatic carbocycles. The Labute approximate surface area is 252 Å². The Kier molecular flexibility index (Phi) is 8.69. The highest BCUT2D eigenvalue weighted by Gasteiger charge is 2.44. The average molecular weight is 605 g/mol. The Morgan fingerprint density at radius 2 is 1.66 bits per heavy atom. The highest BCUT2D eigenvalue weighted by atomic mass is 16.7. The monoisotopic (exact) mass is 604 g/mol. The predicted octanol–water partition coefficient (Wildman–Crippen LogP) is 2.31. The van der Waals surface area contributed by atoms with Gasteiger partial charge in [-0.05, 0) is 55.7 Å². The predicted molar refractivity (Wildman–Crippen MR) is 157 cm³/mol. The summed E-state index contributed by atoms with van der Waals surface area (Å²) in [4.78, 5) is 39.8. The molecule has 5 N–H and O–H groups in total. The van der Waals surface area contributed by atoms with E-state index >= 15 is 0 Å². The molecule has 3 aromatic carbocycles. The first-order valence-electron chi connectivity index (χ1n) is 14.0. The zero-order valence-electron chi connectivity index (χ0n) is 24.2. The normalized spacial score (nSPS) is 22.9. The molecule has 5 unspecified atom stereocenters. The molecule has 0 bridgehead atoms. The first-order chi connectivity index (χ1) is 20.9. The number of hydrogen-bond donors (Lipinski definition) is 5. The van der Waals surface area contributed by atoms with Crippen LogP contribution < -0.4 is 9.47 Å². The summed E-state index contributed by atoms with van der Waals surface area (Å²) >= 11 is 0. The molecule has 5 atom stereocenters. The molecule has 1 heterocycles. The van der Waals surface area contributed by atoms with Crippen LogP contribution in [0.4, 0.5) is 0 Å². The van der Waals surface area contributed by atoms with Crippen molar-refractivity contribution in [3.05, 3.63) is 87.0 Å². The molecule has 2 aliphatic rings. The van der Waals surface area contributed by atoms with Crippen molar-refractivity contribution in [2.75, 3.05) is 6.61 Å². The van der Waals surface area contributed by atoms with Gasteiger partial charge in [0.25, 0.3) is 0 Å². The lowest BCUT2D eigenvalue weighted by molar-refractivity contribution is -0.268. The van der Waals surface area contributed by atoms with Gasteiger partial charge in [-0.3, -0.25) is 14.4 Å². The topological polar surface area (TPSA) is 180 Å². The lowest BCUT2D eigenvalue weighted by Crippen LogP contribution is -2.58. The van der Waals surface area contributed by atoms with E-state index in [1.807, 2.05) is 24.3 Å². The summed E-state index contributed by atoms with van der Waals surface area (Å²) in [6.07, 6.45) is -3.29. The van der Waals surface area contributed by atoms with Crippen molar-refractivity contribution < 1.29 is 54.1 Å². The SMILES string of the molecule is CC(=O)Oc1ccc2c(c1C=Cc1cccc(CCO)c1)C(=O)c1cc(OC3OC(C)C(O)C(O)C3O)c(C)c(O)c1C2=O. The second-order valence-electron chi connectivity index (χ2n) is 10.8. The summed E-state index contributed by atoms with van der Waals surface area (Å²) in [6.45, 7) is 4.10. The van der Waals surface area contributed by atoms with E-state index in [2.05, 4.69) is 0 Å². The fraction of sp³-hybridized carbons (Fsp3) is 0.303. The van der Waals surface area contributed by atoms with Crippen molar-refractivity contribution >= 4 is 29.7 Å². The molecule has 11 heteroatoms. The van der Waals surface area contributed by atoms with Gasteiger partial charge in [0.15, 0.2) is 11.6 Å². The fourth-order valence-corrected chi connectivity index (χ4v) is 5.38. The summed E-state index contributed by atoms with van der Waals surface area (Å²) in [5.74, 6) is -2.52. The maximum atomic E-state index is 14.1. The summed E-state index contributed by atoms with van der Waals surface area (Å²) in [6, 6.07) is 11.3. The first kappa shape index (κ1) is 31.0. The fourth-order valence-electron chi connectivity index (χ4n) is 5.38. The van der Waals surface area contributed by atoms with Crippen molar-refractivity contribution in [3.8, 4) is 17.2 Å². The van der Waals surface area contributed by atoms with E-state index in [0.29, 0.717) is 6.42 Å². The van der Waals surface area contributed by atoms with Crippen LogP contribution in [0, 0.1) is 6.92 Å². The number of rotatable bonds is 7. The van der Waals surface area contributed by atoms with Gasteiger partial charge in [0.1, 0.15) is 35.6 Å². The maximum absolute atomic E-state index is 14.1. The van der Waals surface area contributed by atoms with E-state index in [-0.39, 0.29) is 51.5 Å². The number of ketones is 2. The quantitative estimate of drug-likeness (QED) is 0.119. The third kappa shape index (κ3) is 5.63. The van der Waals surface area contributed by atoms with Crippen LogP contribution in [0.3, 0.4) is 0 Å². The molecule has 0 amide bonds. The zero-order chi connectivity index (χ0) is 31.9. The number of benzene rings is 3. The number of phenolic OH excluding ortho intramolecular Hbond substituents is 1. The van der Waals surface area contributed by atoms with Crippen molar-refractivity contribution in [3.63, 3.8) is 0 Å². The van der Waals surface area contributed by atoms with Crippen LogP contribution >= 0.6 is 0 Å². The molecule has 3 aromatic rings. The molecule has 0 radical (unpaired) electrons. The number of esters is 1. The Balaban J connectivity index is 1.60. The van der Waals surface area contributed by atoms with Gasteiger partial charge in [0.2, 0.25) is 6.29 Å². The Morgan fingerprint density at radius 1 is 0.932 bits per heavy atom. The summed E-state index contributed by atoms with van der Waals surface area (Å²) in [7, 11) is 0. The smallest absolute Gasteiger partial charge is 0.308 e. The van der Waals surface area contributed by atoms with E-state index in [4.69, 9.17) is 14.2 Å². The van der Waals surface area contributed by atoms with Gasteiger partial charge in [-0.15, -0.1) is 0 Å². The minimum Gasteiger partial charge on any atom is -0.507 e. The highest BCUT2D eigenvalue weighted by Crippen LogP contribution is 2.43. The van der Waals surface area contributed by atoms with Gasteiger partial charge in [0, 0.05) is 41.3 Å². The number of carbonyl (C=O) groups excluding carboxylic acids is 3. The van der Waals surface area contributed by atoms with Crippen molar-refractivity contribution in [2.45, 2.75) is 57.9 Å². The number of phenols is 1. The highest BCUT2D eigenvalue weighted by molar-refractivity contribution is 6.31. The lowest BCUT2D eigenvalue weighted by atomic mass is 9.80. The second kappa shape index (κ2) is 12.3. The van der Waals surface area contributed by atoms with Gasteiger partial charge in [0.05, 0.1) is 11.7 Å². The molecule has 0 saturated carbocycles. The minimum atomic E-state index is -1.66. The van der Waals surface area contributed by atoms with Crippen LogP contribution in [0.5, 0.6) is 17.2 Å². The van der Waals surface area contributed by atoms with Crippen LogP contribution in [-0.2, 0) is 16.0 Å². The molecule has 1 aliphatic heterocycles. The number of aliphatic hydroxyl groups is 4. The van der Waals surface area contributed by atoms with Gasteiger partial charge in [-0.25, -0.2) is 0 Å². The largest absolute Gasteiger partial charge is 0.507 e. The lowest BCUT2D eigenvalue weighted by Gasteiger charge is -2.39. The standard InChI is InChI=1S/C33H32O11/c1-15-24(44-33-32(41)31(40)28(37)16(2)42-33)14-22-26(27(15)36)29(38)21-9-10-23(43-17(3)35)20(25(21)30(22)39)8-7-18-5-4-6-19(13-18)11-12-34/h4-10,13-14,16,28,31-34,36-37,40-41H,11-12H2,1-3H3. The molecular formula is C33H32O11. The maximum Gasteiger partial charge on any atom is 0.308 e. The molecule has 1 fully saturated rings. The molecular weight excluding hydrogens is 572 g/mol. The number of ether oxygens (including phenoxy) is 3. The second-order valence-corrected chi connectivity index (χ2v) is 10.8. The third-order valence-electron chi connectivity index (χ3n) is 7.75. The molecule has 44 heavy (non-hydrogen) atoms. The van der Waals surface area contributed by atoms with Gasteiger partial charge >= 0.3 is 5.97 Å². The third-order valence-corrected chi connectivity index (χ3v) is 7.75. The Morgan fingerprint density at radius 3 is 2.36 bits per heavy atom. The van der Waals surface area contributed by atoms with Gasteiger partial charge in [-0.1, -0.05) is 30.3 Å². The van der Waals surface area contributed by atoms with Crippen LogP contribution in [0.2, 0.25) is 0 Å². The van der Waals surface area contributed by atoms with Crippen LogP contribution in [0.25, 0.3) is 12.2 Å². The molecule has 11 nitrogen and oxygen atoms in total. The van der Waals surface area contributed by atoms with Crippen LogP contribution in [0.15, 0.2) is 42.5 Å². The number of fused-ring (bicyclic) bond motifs is 2. The average Bonchev–Trinajstić information content (AvgIpc) is 2.99. The van der Waals surface area contributed by atoms with E-state index in [1.54, 1.807) is 12.2 Å². The summed E-state index contributed by atoms with van der Waals surface area (Å²) in [5, 5.41) is 51.0. The number of hydrogen-bond acceptors (Lipinski definition) is 11. The number of carbonyl (C=O) groups is 3. The number of aliphatic hydroxyl groups excluding tert-OH is 4. The number of aromatic hydroxyl groups is 1. The Bertz CT molecular complexity index is 1670. The summed E-state index contributed by atoms with van der Waals surface area (Å²) in [5.41, 5.74) is 1.35. The molecule has 1 saturated heterocycles. The van der Waals surface area contributed by atoms with Gasteiger partial charge < -0.3 is 39.7 Å². The molecule has 230 valence electrons. The van der Waals surface area contributed by atoms with E-state index in [1.165, 1.54) is 39.0 Å². The zero-order valence-corrected chi connectivity index (χ0v) is 24.2. The Hall–Kier alpha value is -4.39. The summed E-state index contributed by atoms with van der Waals surface area (Å²) < 4.78 is 16.7. The molecule has 0 aromatic heterocycles. The van der Waals surface area contributed by atoms with Crippen LogP contribution in [-0.4, -0.2) is 80.4 Å². The van der Waals surface area contributed by atoms with Crippen LogP contribution in [0.1, 0.15) is 67.9 Å². The van der Waals surface area contributed by atoms with Crippen molar-refractivity contribution in [2.24, 2.45) is 0 Å². The first-order valence-corrected chi connectivity index (χ1v) is 14.0.